The fraction of sp³-hybridized carbons (Fsp3) is 0.188. The summed E-state index contributed by atoms with van der Waals surface area (Å²) < 4.78 is 45.7. The maximum atomic E-state index is 12.2. The molecule has 0 saturated heterocycles. The number of benzene rings is 1. The Morgan fingerprint density at radius 1 is 1.19 bits per heavy atom. The number of ether oxygens (including phenoxy) is 2. The summed E-state index contributed by atoms with van der Waals surface area (Å²) >= 11 is 0. The van der Waals surface area contributed by atoms with Gasteiger partial charge < -0.3 is 19.4 Å². The van der Waals surface area contributed by atoms with E-state index in [0.717, 1.165) is 0 Å². The first-order chi connectivity index (χ1) is 12.3. The van der Waals surface area contributed by atoms with Crippen LogP contribution in [0.2, 0.25) is 0 Å². The van der Waals surface area contributed by atoms with Crippen LogP contribution in [0.15, 0.2) is 47.9 Å². The summed E-state index contributed by atoms with van der Waals surface area (Å²) in [5.41, 5.74) is 0.540. The molecule has 1 N–H and O–H groups in total. The number of oxime groups is 1. The number of hydrogen-bond donors (Lipinski definition) is 1. The van der Waals surface area contributed by atoms with Crippen molar-refractivity contribution >= 4 is 11.9 Å². The molecule has 136 valence electrons. The summed E-state index contributed by atoms with van der Waals surface area (Å²) in [5, 5.41) is 12.7. The lowest BCUT2D eigenvalue weighted by Crippen LogP contribution is -2.17. The highest BCUT2D eigenvalue weighted by atomic mass is 19.4. The van der Waals surface area contributed by atoms with Crippen molar-refractivity contribution in [1.82, 2.24) is 4.98 Å². The number of halogens is 3. The number of alkyl halides is 3. The van der Waals surface area contributed by atoms with Crippen LogP contribution >= 0.6 is 0 Å². The van der Waals surface area contributed by atoms with E-state index in [1.54, 1.807) is 0 Å². The Morgan fingerprint density at radius 2 is 1.92 bits per heavy atom. The molecular formula is C16H11F3N2O5. The van der Waals surface area contributed by atoms with Crippen LogP contribution in [0.1, 0.15) is 28.4 Å². The van der Waals surface area contributed by atoms with Crippen molar-refractivity contribution in [3.8, 4) is 11.5 Å². The summed E-state index contributed by atoms with van der Waals surface area (Å²) in [5.74, 6) is -1.11. The van der Waals surface area contributed by atoms with Crippen LogP contribution in [0.3, 0.4) is 0 Å². The Kier molecular flexibility index (Phi) is 4.65. The van der Waals surface area contributed by atoms with E-state index < -0.39 is 18.4 Å². The third-order valence-electron chi connectivity index (χ3n) is 3.32. The van der Waals surface area contributed by atoms with Crippen molar-refractivity contribution in [2.24, 2.45) is 5.16 Å². The monoisotopic (exact) mass is 368 g/mol. The lowest BCUT2D eigenvalue weighted by atomic mass is 10.1. The first kappa shape index (κ1) is 17.5. The predicted octanol–water partition coefficient (Wildman–Crippen LogP) is 3.53. The minimum Gasteiger partial charge on any atom is -0.478 e. The molecule has 26 heavy (non-hydrogen) atoms. The number of aromatic nitrogens is 1. The van der Waals surface area contributed by atoms with Crippen LogP contribution < -0.4 is 9.47 Å². The molecule has 0 spiro atoms. The van der Waals surface area contributed by atoms with E-state index in [1.807, 2.05) is 0 Å². The minimum atomic E-state index is -4.76. The van der Waals surface area contributed by atoms with E-state index in [0.29, 0.717) is 5.56 Å². The average Bonchev–Trinajstić information content (AvgIpc) is 3.03. The van der Waals surface area contributed by atoms with Crippen molar-refractivity contribution in [3.63, 3.8) is 0 Å². The summed E-state index contributed by atoms with van der Waals surface area (Å²) in [6.07, 6.45) is -2.58. The number of rotatable bonds is 4. The molecule has 1 aliphatic heterocycles. The minimum absolute atomic E-state index is 0.0428. The van der Waals surface area contributed by atoms with Gasteiger partial charge in [-0.25, -0.2) is 4.79 Å². The molecule has 0 fully saturated rings. The Hall–Kier alpha value is -3.30. The first-order valence-corrected chi connectivity index (χ1v) is 7.25. The third kappa shape index (κ3) is 4.41. The number of carboxylic acids is 1. The van der Waals surface area contributed by atoms with Crippen LogP contribution in [-0.2, 0) is 4.84 Å². The third-order valence-corrected chi connectivity index (χ3v) is 3.32. The van der Waals surface area contributed by atoms with Crippen molar-refractivity contribution in [3.05, 3.63) is 53.9 Å². The fourth-order valence-electron chi connectivity index (χ4n) is 2.21. The highest BCUT2D eigenvalue weighted by Crippen LogP contribution is 2.30. The lowest BCUT2D eigenvalue weighted by Gasteiger charge is -2.11. The zero-order valence-corrected chi connectivity index (χ0v) is 12.9. The van der Waals surface area contributed by atoms with Crippen LogP contribution in [0, 0.1) is 0 Å². The molecule has 10 heteroatoms. The normalized spacial score (nSPS) is 16.6. The van der Waals surface area contributed by atoms with Gasteiger partial charge in [0.2, 0.25) is 5.90 Å². The quantitative estimate of drug-likeness (QED) is 0.888. The van der Waals surface area contributed by atoms with Gasteiger partial charge in [-0.05, 0) is 23.8 Å². The van der Waals surface area contributed by atoms with Gasteiger partial charge in [-0.2, -0.15) is 0 Å². The number of nitrogens with zero attached hydrogens (tertiary/aromatic N) is 2. The Bertz CT molecular complexity index is 837. The molecule has 3 rings (SSSR count). The van der Waals surface area contributed by atoms with Crippen molar-refractivity contribution < 1.29 is 37.4 Å². The van der Waals surface area contributed by atoms with E-state index in [9.17, 15) is 18.0 Å². The zero-order valence-electron chi connectivity index (χ0n) is 12.9. The molecule has 1 aliphatic rings. The van der Waals surface area contributed by atoms with Crippen LogP contribution in [0.5, 0.6) is 11.5 Å². The molecule has 0 saturated carbocycles. The number of pyridine rings is 1. The molecule has 7 nitrogen and oxygen atoms in total. The fourth-order valence-corrected chi connectivity index (χ4v) is 2.21. The second-order valence-electron chi connectivity index (χ2n) is 5.22. The predicted molar refractivity (Wildman–Crippen MR) is 80.8 cm³/mol. The molecule has 0 unspecified atom stereocenters. The molecule has 0 aliphatic carbocycles. The summed E-state index contributed by atoms with van der Waals surface area (Å²) in [6.45, 7) is 0. The second-order valence-corrected chi connectivity index (χ2v) is 5.22. The molecule has 1 aromatic heterocycles. The molecule has 1 aromatic carbocycles. The molecular weight excluding hydrogens is 357 g/mol. The Morgan fingerprint density at radius 3 is 2.58 bits per heavy atom. The molecule has 1 atom stereocenters. The van der Waals surface area contributed by atoms with E-state index >= 15 is 0 Å². The van der Waals surface area contributed by atoms with Gasteiger partial charge in [0.05, 0.1) is 18.2 Å². The van der Waals surface area contributed by atoms with Gasteiger partial charge in [-0.15, -0.1) is 13.2 Å². The first-order valence-electron chi connectivity index (χ1n) is 7.25. The highest BCUT2D eigenvalue weighted by molar-refractivity contribution is 5.88. The Labute approximate surface area is 144 Å². The van der Waals surface area contributed by atoms with Gasteiger partial charge in [0, 0.05) is 6.20 Å². The number of aromatic carboxylic acids is 1. The summed E-state index contributed by atoms with van der Waals surface area (Å²) in [7, 11) is 0. The SMILES string of the molecule is O=C(O)c1cncc(OC2=NO[C@@H](c3ccc(OC(F)(F)F)cc3)C2)c1. The second kappa shape index (κ2) is 6.90. The lowest BCUT2D eigenvalue weighted by molar-refractivity contribution is -0.274. The van der Waals surface area contributed by atoms with Crippen molar-refractivity contribution in [1.29, 1.82) is 0 Å². The smallest absolute Gasteiger partial charge is 0.478 e. The van der Waals surface area contributed by atoms with Gasteiger partial charge >= 0.3 is 12.3 Å². The van der Waals surface area contributed by atoms with E-state index in [-0.39, 0.29) is 29.4 Å². The van der Waals surface area contributed by atoms with Gasteiger partial charge in [-0.3, -0.25) is 4.98 Å². The number of carbonyl (C=O) groups is 1. The average molecular weight is 368 g/mol. The van der Waals surface area contributed by atoms with Crippen LogP contribution in [-0.4, -0.2) is 28.3 Å². The Balaban J connectivity index is 1.61. The van der Waals surface area contributed by atoms with E-state index in [2.05, 4.69) is 14.9 Å². The molecule has 2 heterocycles. The standard InChI is InChI=1S/C16H11F3N2O5/c17-16(18,19)25-11-3-1-9(2-4-11)13-6-14(21-26-13)24-12-5-10(15(22)23)7-20-8-12/h1-5,7-8,13H,6H2,(H,22,23)/t13-/m1/s1. The summed E-state index contributed by atoms with van der Waals surface area (Å²) in [6, 6.07) is 6.48. The highest BCUT2D eigenvalue weighted by Gasteiger charge is 2.31. The zero-order chi connectivity index (χ0) is 18.7. The maximum absolute atomic E-state index is 12.2. The summed E-state index contributed by atoms with van der Waals surface area (Å²) in [4.78, 5) is 19.9. The largest absolute Gasteiger partial charge is 0.573 e. The van der Waals surface area contributed by atoms with Gasteiger partial charge in [-0.1, -0.05) is 17.3 Å². The van der Waals surface area contributed by atoms with E-state index in [1.165, 1.54) is 42.7 Å². The van der Waals surface area contributed by atoms with Gasteiger partial charge in [0.25, 0.3) is 0 Å². The van der Waals surface area contributed by atoms with E-state index in [4.69, 9.17) is 14.7 Å². The van der Waals surface area contributed by atoms with Crippen molar-refractivity contribution in [2.75, 3.05) is 0 Å². The maximum Gasteiger partial charge on any atom is 0.573 e. The van der Waals surface area contributed by atoms with Crippen LogP contribution in [0.4, 0.5) is 13.2 Å². The van der Waals surface area contributed by atoms with Gasteiger partial charge in [0.15, 0.2) is 6.10 Å². The van der Waals surface area contributed by atoms with Gasteiger partial charge in [0.1, 0.15) is 11.5 Å². The molecule has 0 bridgehead atoms. The molecule has 0 radical (unpaired) electrons. The number of carboxylic acid groups (broad SMARTS) is 1. The molecule has 2 aromatic rings. The molecule has 0 amide bonds. The van der Waals surface area contributed by atoms with Crippen LogP contribution in [0.25, 0.3) is 0 Å². The number of hydrogen-bond acceptors (Lipinski definition) is 6. The van der Waals surface area contributed by atoms with Crippen molar-refractivity contribution in [2.45, 2.75) is 18.9 Å². The topological polar surface area (TPSA) is 90.2 Å².